The van der Waals surface area contributed by atoms with Crippen LogP contribution in [0.25, 0.3) is 0 Å². The number of anilines is 2. The summed E-state index contributed by atoms with van der Waals surface area (Å²) in [5, 5.41) is 15.3. The molecule has 2 heterocycles. The fourth-order valence-electron chi connectivity index (χ4n) is 9.72. The Morgan fingerprint density at radius 3 is 1.44 bits per heavy atom. The molecule has 1 aliphatic carbocycles. The summed E-state index contributed by atoms with van der Waals surface area (Å²) in [5.41, 5.74) is 6.35. The van der Waals surface area contributed by atoms with Crippen molar-refractivity contribution in [3.8, 4) is 11.5 Å². The van der Waals surface area contributed by atoms with E-state index in [-0.39, 0.29) is 5.78 Å². The van der Waals surface area contributed by atoms with Gasteiger partial charge in [0.2, 0.25) is 0 Å². The number of carbonyl (C=O) groups is 1. The van der Waals surface area contributed by atoms with Crippen molar-refractivity contribution in [2.24, 2.45) is 10.2 Å². The number of hydrogen-bond acceptors (Lipinski definition) is 7. The summed E-state index contributed by atoms with van der Waals surface area (Å²) in [4.78, 5) is 17.6. The molecule has 0 N–H and O–H groups in total. The number of hydrogen-bond donors (Lipinski definition) is 0. The first-order valence-corrected chi connectivity index (χ1v) is 20.0. The average molecular weight is 771 g/mol. The minimum absolute atomic E-state index is 0.00223. The molecule has 0 aromatic heterocycles. The predicted octanol–water partition coefficient (Wildman–Crippen LogP) is 10.2. The van der Waals surface area contributed by atoms with Gasteiger partial charge in [-0.05, 0) is 81.9 Å². The molecule has 288 valence electrons. The number of benzene rings is 7. The molecule has 4 atom stereocenters. The molecule has 2 spiro atoms. The highest BCUT2D eigenvalue weighted by Crippen LogP contribution is 2.61. The Kier molecular flexibility index (Phi) is 8.94. The molecule has 7 nitrogen and oxygen atoms in total. The summed E-state index contributed by atoms with van der Waals surface area (Å²) in [6, 6.07) is 65.6. The number of ketones is 1. The monoisotopic (exact) mass is 770 g/mol. The van der Waals surface area contributed by atoms with Gasteiger partial charge >= 0.3 is 0 Å². The standard InChI is InChI=1S/C52H42N4O3/c1-58-43-31-27-36(28-32-43)46-48(38-17-7-3-8-18-38)53-55(41-22-11-5-12-23-41)51(46)35-40-21-15-16-26-45(40)52(50(51)57)47(37-29-33-44(59-2)34-30-37)49(39-19-9-4-10-20-39)54-56(52)42-24-13-6-14-25-42/h3-34,46-47H,35H2,1-2H3/t46-,47+,51-,52+/m0/s1. The molecule has 10 rings (SSSR count). The summed E-state index contributed by atoms with van der Waals surface area (Å²) in [6.45, 7) is 0. The summed E-state index contributed by atoms with van der Waals surface area (Å²) < 4.78 is 11.4. The van der Waals surface area contributed by atoms with Gasteiger partial charge in [0.25, 0.3) is 0 Å². The van der Waals surface area contributed by atoms with E-state index in [2.05, 4.69) is 97.1 Å². The van der Waals surface area contributed by atoms with Crippen molar-refractivity contribution in [3.63, 3.8) is 0 Å². The average Bonchev–Trinajstić information content (AvgIpc) is 3.84. The number of hydrazone groups is 2. The lowest BCUT2D eigenvalue weighted by Crippen LogP contribution is -2.69. The van der Waals surface area contributed by atoms with Crippen molar-refractivity contribution >= 4 is 28.6 Å². The molecule has 0 radical (unpaired) electrons. The number of rotatable bonds is 8. The van der Waals surface area contributed by atoms with Gasteiger partial charge in [-0.25, -0.2) is 5.01 Å². The maximum Gasteiger partial charge on any atom is 0.194 e. The highest BCUT2D eigenvalue weighted by atomic mass is 16.5. The minimum Gasteiger partial charge on any atom is -0.497 e. The zero-order valence-corrected chi connectivity index (χ0v) is 32.9. The first-order valence-electron chi connectivity index (χ1n) is 20.0. The molecule has 59 heavy (non-hydrogen) atoms. The van der Waals surface area contributed by atoms with Crippen LogP contribution in [-0.2, 0) is 16.8 Å². The molecule has 0 unspecified atom stereocenters. The molecule has 0 saturated heterocycles. The Labute approximate surface area is 344 Å². The van der Waals surface area contributed by atoms with Crippen LogP contribution in [0.2, 0.25) is 0 Å². The fraction of sp³-hybridized carbons (Fsp3) is 0.135. The predicted molar refractivity (Wildman–Crippen MR) is 235 cm³/mol. The van der Waals surface area contributed by atoms with Gasteiger partial charge in [0.1, 0.15) is 17.0 Å². The smallest absolute Gasteiger partial charge is 0.194 e. The summed E-state index contributed by atoms with van der Waals surface area (Å²) in [6.07, 6.45) is 0.397. The van der Waals surface area contributed by atoms with E-state index in [1.165, 1.54) is 0 Å². The van der Waals surface area contributed by atoms with Gasteiger partial charge in [0, 0.05) is 6.42 Å². The minimum atomic E-state index is -1.39. The molecule has 7 aromatic carbocycles. The second-order valence-corrected chi connectivity index (χ2v) is 15.3. The number of carbonyl (C=O) groups excluding carboxylic acids is 1. The maximum absolute atomic E-state index is 17.6. The molecule has 0 saturated carbocycles. The van der Waals surface area contributed by atoms with Crippen LogP contribution in [0, 0.1) is 0 Å². The van der Waals surface area contributed by atoms with Crippen molar-refractivity contribution in [2.75, 3.05) is 24.2 Å². The van der Waals surface area contributed by atoms with Gasteiger partial charge in [-0.15, -0.1) is 0 Å². The van der Waals surface area contributed by atoms with Gasteiger partial charge in [-0.1, -0.05) is 146 Å². The van der Waals surface area contributed by atoms with Crippen molar-refractivity contribution in [1.82, 2.24) is 0 Å². The Hall–Kier alpha value is -7.25. The van der Waals surface area contributed by atoms with E-state index >= 15 is 4.79 Å². The first-order chi connectivity index (χ1) is 29.1. The van der Waals surface area contributed by atoms with E-state index in [9.17, 15) is 0 Å². The molecular weight excluding hydrogens is 729 g/mol. The van der Waals surface area contributed by atoms with Crippen molar-refractivity contribution < 1.29 is 14.3 Å². The normalized spacial score (nSPS) is 22.0. The molecule has 3 aliphatic rings. The van der Waals surface area contributed by atoms with Crippen LogP contribution in [0.15, 0.2) is 204 Å². The Balaban J connectivity index is 1.34. The van der Waals surface area contributed by atoms with Gasteiger partial charge in [-0.3, -0.25) is 9.80 Å². The van der Waals surface area contributed by atoms with Crippen molar-refractivity contribution in [2.45, 2.75) is 29.3 Å². The van der Waals surface area contributed by atoms with Crippen LogP contribution in [0.4, 0.5) is 11.4 Å². The number of nitrogens with zero attached hydrogens (tertiary/aromatic N) is 4. The molecule has 0 bridgehead atoms. The lowest BCUT2D eigenvalue weighted by molar-refractivity contribution is -0.131. The maximum atomic E-state index is 17.6. The van der Waals surface area contributed by atoms with Gasteiger partial charge in [-0.2, -0.15) is 10.2 Å². The van der Waals surface area contributed by atoms with Crippen LogP contribution in [0.3, 0.4) is 0 Å². The second-order valence-electron chi connectivity index (χ2n) is 15.3. The summed E-state index contributed by atoms with van der Waals surface area (Å²) in [5.74, 6) is 0.405. The molecule has 2 aliphatic heterocycles. The zero-order valence-electron chi connectivity index (χ0n) is 32.9. The van der Waals surface area contributed by atoms with E-state index in [1.807, 2.05) is 107 Å². The molecule has 7 aromatic rings. The Bertz CT molecular complexity index is 2690. The number of ether oxygens (including phenoxy) is 2. The quantitative estimate of drug-likeness (QED) is 0.154. The van der Waals surface area contributed by atoms with Gasteiger partial charge < -0.3 is 9.47 Å². The van der Waals surface area contributed by atoms with E-state index < -0.39 is 22.9 Å². The number of methoxy groups -OCH3 is 2. The third kappa shape index (κ3) is 5.60. The molecule has 0 amide bonds. The van der Waals surface area contributed by atoms with E-state index in [0.29, 0.717) is 6.42 Å². The third-order valence-electron chi connectivity index (χ3n) is 12.2. The number of para-hydroxylation sites is 2. The van der Waals surface area contributed by atoms with E-state index in [1.54, 1.807) is 14.2 Å². The topological polar surface area (TPSA) is 66.7 Å². The fourth-order valence-corrected chi connectivity index (χ4v) is 9.72. The van der Waals surface area contributed by atoms with Crippen LogP contribution in [-0.4, -0.2) is 37.0 Å². The number of Topliss-reactive ketones (excluding diaryl/α,β-unsaturated/α-hetero) is 1. The lowest BCUT2D eigenvalue weighted by atomic mass is 9.55. The van der Waals surface area contributed by atoms with Crippen LogP contribution in [0.5, 0.6) is 11.5 Å². The Morgan fingerprint density at radius 2 is 0.915 bits per heavy atom. The molecular formula is C52H42N4O3. The highest BCUT2D eigenvalue weighted by Gasteiger charge is 2.72. The van der Waals surface area contributed by atoms with Crippen molar-refractivity contribution in [1.29, 1.82) is 0 Å². The van der Waals surface area contributed by atoms with E-state index in [0.717, 1.165) is 67.7 Å². The highest BCUT2D eigenvalue weighted by molar-refractivity contribution is 6.22. The second kappa shape index (κ2) is 14.6. The van der Waals surface area contributed by atoms with Gasteiger partial charge in [0.05, 0.1) is 48.9 Å². The van der Waals surface area contributed by atoms with Crippen LogP contribution in [0.1, 0.15) is 45.2 Å². The third-order valence-corrected chi connectivity index (χ3v) is 12.2. The van der Waals surface area contributed by atoms with Crippen LogP contribution < -0.4 is 19.5 Å². The van der Waals surface area contributed by atoms with E-state index in [4.69, 9.17) is 19.7 Å². The van der Waals surface area contributed by atoms with Crippen molar-refractivity contribution in [3.05, 3.63) is 228 Å². The summed E-state index contributed by atoms with van der Waals surface area (Å²) in [7, 11) is 3.35. The Morgan fingerprint density at radius 1 is 0.492 bits per heavy atom. The molecule has 0 fully saturated rings. The zero-order chi connectivity index (χ0) is 40.0. The lowest BCUT2D eigenvalue weighted by Gasteiger charge is -2.54. The summed E-state index contributed by atoms with van der Waals surface area (Å²) >= 11 is 0. The van der Waals surface area contributed by atoms with Crippen LogP contribution >= 0.6 is 0 Å². The molecule has 7 heteroatoms. The number of fused-ring (bicyclic) bond motifs is 2. The first kappa shape index (κ1) is 36.1. The SMILES string of the molecule is COc1ccc([C@H]2C(c3ccccc3)=NN(c3ccccc3)[C@@]23Cc2ccccc2[C@]2(C3=O)[C@H](c3ccc(OC)cc3)C(c3ccccc3)=NN2c2ccccc2)cc1. The largest absolute Gasteiger partial charge is 0.497 e. The van der Waals surface area contributed by atoms with Gasteiger partial charge in [0.15, 0.2) is 11.3 Å².